The number of aromatic nitrogens is 2. The maximum atomic E-state index is 12.3. The lowest BCUT2D eigenvalue weighted by Crippen LogP contribution is -2.19. The van der Waals surface area contributed by atoms with Gasteiger partial charge in [0.2, 0.25) is 5.43 Å². The molecule has 0 aliphatic heterocycles. The molecule has 0 saturated heterocycles. The number of nitrogens with zero attached hydrogens (tertiary/aromatic N) is 3. The van der Waals surface area contributed by atoms with Crippen LogP contribution in [0.3, 0.4) is 0 Å². The normalized spacial score (nSPS) is 11.3. The van der Waals surface area contributed by atoms with Crippen molar-refractivity contribution in [2.75, 3.05) is 0 Å². The van der Waals surface area contributed by atoms with Crippen molar-refractivity contribution >= 4 is 45.5 Å². The summed E-state index contributed by atoms with van der Waals surface area (Å²) in [5.74, 6) is -1.28. The predicted octanol–water partition coefficient (Wildman–Crippen LogP) is 3.25. The molecule has 0 spiro atoms. The molecule has 0 unspecified atom stereocenters. The maximum absolute atomic E-state index is 12.3. The monoisotopic (exact) mass is 371 g/mol. The molecule has 132 valence electrons. The molecule has 8 nitrogen and oxygen atoms in total. The summed E-state index contributed by atoms with van der Waals surface area (Å²) in [7, 11) is 0. The van der Waals surface area contributed by atoms with Gasteiger partial charge in [0.15, 0.2) is 0 Å². The van der Waals surface area contributed by atoms with Crippen LogP contribution in [0.4, 0.5) is 5.00 Å². The van der Waals surface area contributed by atoms with Crippen LogP contribution < -0.4 is 5.43 Å². The van der Waals surface area contributed by atoms with Crippen molar-refractivity contribution in [1.29, 1.82) is 0 Å². The Hall–Kier alpha value is -3.33. The van der Waals surface area contributed by atoms with E-state index in [-0.39, 0.29) is 16.0 Å². The second-order valence-electron chi connectivity index (χ2n) is 5.34. The Labute approximate surface area is 150 Å². The highest BCUT2D eigenvalue weighted by Gasteiger charge is 2.15. The lowest BCUT2D eigenvalue weighted by molar-refractivity contribution is -0.380. The van der Waals surface area contributed by atoms with E-state index in [4.69, 9.17) is 5.11 Å². The summed E-state index contributed by atoms with van der Waals surface area (Å²) in [5.41, 5.74) is 0.0736. The average Bonchev–Trinajstić information content (AvgIpc) is 3.09. The Morgan fingerprint density at radius 2 is 2.12 bits per heavy atom. The van der Waals surface area contributed by atoms with E-state index < -0.39 is 16.3 Å². The van der Waals surface area contributed by atoms with Crippen molar-refractivity contribution in [2.45, 2.75) is 13.5 Å². The molecular formula is C17H13N3O5S. The number of aromatic carboxylic acids is 1. The molecule has 0 aliphatic carbocycles. The third kappa shape index (κ3) is 3.24. The lowest BCUT2D eigenvalue weighted by atomic mass is 10.1. The number of carboxylic acids is 1. The molecule has 0 amide bonds. The highest BCUT2D eigenvalue weighted by atomic mass is 32.1. The van der Waals surface area contributed by atoms with E-state index in [1.54, 1.807) is 34.9 Å². The maximum Gasteiger partial charge on any atom is 0.341 e. The predicted molar refractivity (Wildman–Crippen MR) is 98.5 cm³/mol. The molecule has 3 aromatic rings. The molecule has 0 aromatic carbocycles. The smallest absolute Gasteiger partial charge is 0.341 e. The molecule has 0 saturated carbocycles. The Balaban J connectivity index is 2.04. The number of carbonyl (C=O) groups is 1. The van der Waals surface area contributed by atoms with Gasteiger partial charge in [0.1, 0.15) is 11.2 Å². The Morgan fingerprint density at radius 1 is 1.35 bits per heavy atom. The van der Waals surface area contributed by atoms with E-state index >= 15 is 0 Å². The van der Waals surface area contributed by atoms with Crippen molar-refractivity contribution in [2.24, 2.45) is 0 Å². The van der Waals surface area contributed by atoms with E-state index in [0.29, 0.717) is 22.8 Å². The van der Waals surface area contributed by atoms with Gasteiger partial charge in [-0.15, -0.1) is 0 Å². The van der Waals surface area contributed by atoms with Gasteiger partial charge in [0.05, 0.1) is 16.0 Å². The van der Waals surface area contributed by atoms with Gasteiger partial charge in [-0.1, -0.05) is 11.3 Å². The summed E-state index contributed by atoms with van der Waals surface area (Å²) in [6.07, 6.45) is 4.67. The number of pyridine rings is 2. The van der Waals surface area contributed by atoms with Gasteiger partial charge in [0, 0.05) is 23.7 Å². The van der Waals surface area contributed by atoms with Crippen molar-refractivity contribution in [3.8, 4) is 0 Å². The Bertz CT molecular complexity index is 1110. The van der Waals surface area contributed by atoms with Crippen molar-refractivity contribution in [1.82, 2.24) is 9.55 Å². The van der Waals surface area contributed by atoms with E-state index in [2.05, 4.69) is 4.98 Å². The number of hydrogen-bond acceptors (Lipinski definition) is 6. The van der Waals surface area contributed by atoms with Gasteiger partial charge in [0.25, 0.3) is 0 Å². The minimum Gasteiger partial charge on any atom is -0.477 e. The fourth-order valence-electron chi connectivity index (χ4n) is 2.46. The zero-order valence-electron chi connectivity index (χ0n) is 13.6. The molecule has 3 aromatic heterocycles. The number of aryl methyl sites for hydroxylation is 1. The van der Waals surface area contributed by atoms with Gasteiger partial charge in [-0.25, -0.2) is 9.78 Å². The highest BCUT2D eigenvalue weighted by molar-refractivity contribution is 7.16. The molecule has 0 fully saturated rings. The Morgan fingerprint density at radius 3 is 2.73 bits per heavy atom. The fraction of sp³-hybridized carbons (Fsp3) is 0.118. The molecule has 9 heteroatoms. The standard InChI is InChI=1S/C17H13N3O5S/c1-2-19-9-13(17(22)23)15(21)12-7-4-10(18-16(12)19)3-5-11-6-8-14(26-11)20(24)25/h3-9H,2H2,1H3,(H,22,23)/b5-3+. The molecule has 1 N–H and O–H groups in total. The van der Waals surface area contributed by atoms with Crippen LogP contribution in [-0.2, 0) is 6.54 Å². The van der Waals surface area contributed by atoms with Crippen molar-refractivity contribution in [3.63, 3.8) is 0 Å². The second-order valence-corrected chi connectivity index (χ2v) is 6.43. The van der Waals surface area contributed by atoms with Gasteiger partial charge < -0.3 is 9.67 Å². The molecular weight excluding hydrogens is 358 g/mol. The largest absolute Gasteiger partial charge is 0.477 e. The zero-order valence-corrected chi connectivity index (χ0v) is 14.4. The number of carboxylic acid groups (broad SMARTS) is 1. The van der Waals surface area contributed by atoms with Gasteiger partial charge in [-0.05, 0) is 37.3 Å². The van der Waals surface area contributed by atoms with Crippen LogP contribution >= 0.6 is 11.3 Å². The number of thiophene rings is 1. The average molecular weight is 371 g/mol. The van der Waals surface area contributed by atoms with Gasteiger partial charge in [-0.3, -0.25) is 14.9 Å². The van der Waals surface area contributed by atoms with Crippen molar-refractivity contribution < 1.29 is 14.8 Å². The molecule has 0 aliphatic rings. The zero-order chi connectivity index (χ0) is 18.8. The van der Waals surface area contributed by atoms with E-state index in [1.165, 1.54) is 12.3 Å². The topological polar surface area (TPSA) is 115 Å². The minimum absolute atomic E-state index is 0.0529. The van der Waals surface area contributed by atoms with Crippen molar-refractivity contribution in [3.05, 3.63) is 66.9 Å². The number of hydrogen-bond donors (Lipinski definition) is 1. The molecule has 26 heavy (non-hydrogen) atoms. The van der Waals surface area contributed by atoms with Gasteiger partial charge in [-0.2, -0.15) is 0 Å². The summed E-state index contributed by atoms with van der Waals surface area (Å²) >= 11 is 1.04. The summed E-state index contributed by atoms with van der Waals surface area (Å²) < 4.78 is 1.60. The van der Waals surface area contributed by atoms with Crippen LogP contribution in [0, 0.1) is 10.1 Å². The number of rotatable bonds is 5. The van der Waals surface area contributed by atoms with Crippen LogP contribution in [0.15, 0.2) is 35.3 Å². The van der Waals surface area contributed by atoms with Crippen LogP contribution in [-0.4, -0.2) is 25.6 Å². The molecule has 0 bridgehead atoms. The first-order chi connectivity index (χ1) is 12.4. The van der Waals surface area contributed by atoms with Crippen LogP contribution in [0.2, 0.25) is 0 Å². The van der Waals surface area contributed by atoms with Crippen LogP contribution in [0.25, 0.3) is 23.2 Å². The molecule has 3 heterocycles. The van der Waals surface area contributed by atoms with E-state index in [1.807, 2.05) is 6.92 Å². The second kappa shape index (κ2) is 6.89. The summed E-state index contributed by atoms with van der Waals surface area (Å²) in [4.78, 5) is 38.9. The summed E-state index contributed by atoms with van der Waals surface area (Å²) in [6.45, 7) is 2.28. The lowest BCUT2D eigenvalue weighted by Gasteiger charge is -2.09. The number of nitro groups is 1. The molecule has 0 atom stereocenters. The fourth-order valence-corrected chi connectivity index (χ4v) is 3.19. The molecule has 3 rings (SSSR count). The van der Waals surface area contributed by atoms with E-state index in [0.717, 1.165) is 11.3 Å². The van der Waals surface area contributed by atoms with Gasteiger partial charge >= 0.3 is 11.0 Å². The van der Waals surface area contributed by atoms with Crippen LogP contribution in [0.1, 0.15) is 27.9 Å². The Kier molecular flexibility index (Phi) is 4.63. The summed E-state index contributed by atoms with van der Waals surface area (Å²) in [6, 6.07) is 6.22. The van der Waals surface area contributed by atoms with Crippen LogP contribution in [0.5, 0.6) is 0 Å². The third-order valence-corrected chi connectivity index (χ3v) is 4.73. The highest BCUT2D eigenvalue weighted by Crippen LogP contribution is 2.25. The number of fused-ring (bicyclic) bond motifs is 1. The summed E-state index contributed by atoms with van der Waals surface area (Å²) in [5, 5.41) is 20.2. The SMILES string of the molecule is CCn1cc(C(=O)O)c(=O)c2ccc(/C=C/c3ccc([N+](=O)[O-])s3)nc21. The first-order valence-electron chi connectivity index (χ1n) is 7.60. The first kappa shape index (κ1) is 17.5. The minimum atomic E-state index is -1.28. The first-order valence-corrected chi connectivity index (χ1v) is 8.42. The van der Waals surface area contributed by atoms with E-state index in [9.17, 15) is 19.7 Å². The third-order valence-electron chi connectivity index (χ3n) is 3.72. The quantitative estimate of drug-likeness (QED) is 0.544. The molecule has 0 radical (unpaired) electrons.